The Morgan fingerprint density at radius 1 is 0.952 bits per heavy atom. The van der Waals surface area contributed by atoms with Crippen LogP contribution < -0.4 is 4.90 Å². The van der Waals surface area contributed by atoms with Gasteiger partial charge >= 0.3 is 0 Å². The van der Waals surface area contributed by atoms with Crippen molar-refractivity contribution < 1.29 is 0 Å². The van der Waals surface area contributed by atoms with Crippen LogP contribution in [0.3, 0.4) is 0 Å². The third-order valence-electron chi connectivity index (χ3n) is 4.08. The highest BCUT2D eigenvalue weighted by molar-refractivity contribution is 5.47. The van der Waals surface area contributed by atoms with E-state index in [4.69, 9.17) is 0 Å². The Balaban J connectivity index is 2.29. The molecule has 0 amide bonds. The number of anilines is 1. The minimum atomic E-state index is 0.201. The lowest BCUT2D eigenvalue weighted by Crippen LogP contribution is -2.23. The zero-order chi connectivity index (χ0) is 15.5. The Kier molecular flexibility index (Phi) is 4.72. The molecule has 0 saturated carbocycles. The second-order valence-corrected chi connectivity index (χ2v) is 6.74. The first kappa shape index (κ1) is 15.6. The van der Waals surface area contributed by atoms with Gasteiger partial charge in [-0.15, -0.1) is 0 Å². The largest absolute Gasteiger partial charge is 0.367 e. The molecule has 2 aromatic rings. The third-order valence-corrected chi connectivity index (χ3v) is 4.08. The first-order valence-corrected chi connectivity index (χ1v) is 7.82. The molecule has 0 bridgehead atoms. The molecule has 21 heavy (non-hydrogen) atoms. The van der Waals surface area contributed by atoms with Crippen LogP contribution in [0.25, 0.3) is 0 Å². The van der Waals surface area contributed by atoms with Crippen molar-refractivity contribution in [1.82, 2.24) is 0 Å². The zero-order valence-corrected chi connectivity index (χ0v) is 14.0. The lowest BCUT2D eigenvalue weighted by molar-refractivity contribution is 0.588. The molecule has 2 rings (SSSR count). The summed E-state index contributed by atoms with van der Waals surface area (Å²) < 4.78 is 0. The van der Waals surface area contributed by atoms with Crippen molar-refractivity contribution in [3.63, 3.8) is 0 Å². The maximum absolute atomic E-state index is 2.43. The van der Waals surface area contributed by atoms with E-state index >= 15 is 0 Å². The van der Waals surface area contributed by atoms with E-state index in [1.807, 2.05) is 0 Å². The minimum absolute atomic E-state index is 0.201. The van der Waals surface area contributed by atoms with Gasteiger partial charge in [0.15, 0.2) is 0 Å². The van der Waals surface area contributed by atoms with Gasteiger partial charge in [-0.2, -0.15) is 0 Å². The molecule has 0 unspecified atom stereocenters. The number of nitrogens with zero attached hydrogens (tertiary/aromatic N) is 1. The van der Waals surface area contributed by atoms with Gasteiger partial charge in [0.05, 0.1) is 0 Å². The van der Waals surface area contributed by atoms with Crippen LogP contribution in [0.4, 0.5) is 5.69 Å². The summed E-state index contributed by atoms with van der Waals surface area (Å²) in [7, 11) is 0. The van der Waals surface area contributed by atoms with Crippen molar-refractivity contribution in [3.8, 4) is 0 Å². The molecular formula is C20H27N. The summed E-state index contributed by atoms with van der Waals surface area (Å²) >= 11 is 0. The molecule has 2 aromatic carbocycles. The molecule has 0 aliphatic carbocycles. The standard InChI is InChI=1S/C20H27N/c1-6-21(19-10-8-7-9-11-19)15-17-14-18(20(3,4)5)13-12-16(17)2/h7-14H,6,15H2,1-5H3. The maximum atomic E-state index is 2.43. The number of hydrogen-bond acceptors (Lipinski definition) is 1. The predicted molar refractivity (Wildman–Crippen MR) is 93.0 cm³/mol. The minimum Gasteiger partial charge on any atom is -0.367 e. The summed E-state index contributed by atoms with van der Waals surface area (Å²) in [4.78, 5) is 2.43. The number of rotatable bonds is 4. The Morgan fingerprint density at radius 2 is 1.62 bits per heavy atom. The molecule has 0 radical (unpaired) electrons. The number of para-hydroxylation sites is 1. The first-order chi connectivity index (χ1) is 9.91. The van der Waals surface area contributed by atoms with Gasteiger partial charge in [-0.25, -0.2) is 0 Å². The highest BCUT2D eigenvalue weighted by Crippen LogP contribution is 2.26. The van der Waals surface area contributed by atoms with Gasteiger partial charge in [-0.1, -0.05) is 57.2 Å². The normalized spacial score (nSPS) is 11.5. The molecule has 0 aliphatic heterocycles. The maximum Gasteiger partial charge on any atom is 0.0432 e. The molecule has 0 saturated heterocycles. The van der Waals surface area contributed by atoms with E-state index in [2.05, 4.69) is 88.0 Å². The van der Waals surface area contributed by atoms with E-state index in [0.29, 0.717) is 0 Å². The zero-order valence-electron chi connectivity index (χ0n) is 14.0. The molecule has 112 valence electrons. The number of hydrogen-bond donors (Lipinski definition) is 0. The fourth-order valence-corrected chi connectivity index (χ4v) is 2.54. The lowest BCUT2D eigenvalue weighted by atomic mass is 9.85. The summed E-state index contributed by atoms with van der Waals surface area (Å²) in [5.41, 5.74) is 5.70. The van der Waals surface area contributed by atoms with E-state index < -0.39 is 0 Å². The average molecular weight is 281 g/mol. The van der Waals surface area contributed by atoms with Crippen LogP contribution in [0, 0.1) is 6.92 Å². The van der Waals surface area contributed by atoms with E-state index in [-0.39, 0.29) is 5.41 Å². The molecule has 1 nitrogen and oxygen atoms in total. The highest BCUT2D eigenvalue weighted by Gasteiger charge is 2.15. The molecule has 0 atom stereocenters. The van der Waals surface area contributed by atoms with Gasteiger partial charge in [0.25, 0.3) is 0 Å². The van der Waals surface area contributed by atoms with Crippen LogP contribution in [0.15, 0.2) is 48.5 Å². The van der Waals surface area contributed by atoms with E-state index in [1.54, 1.807) is 0 Å². The number of aryl methyl sites for hydroxylation is 1. The summed E-state index contributed by atoms with van der Waals surface area (Å²) in [5, 5.41) is 0. The van der Waals surface area contributed by atoms with Crippen molar-refractivity contribution >= 4 is 5.69 Å². The second kappa shape index (κ2) is 6.34. The van der Waals surface area contributed by atoms with Gasteiger partial charge in [0.2, 0.25) is 0 Å². The summed E-state index contributed by atoms with van der Waals surface area (Å²) in [6.07, 6.45) is 0. The average Bonchev–Trinajstić information content (AvgIpc) is 2.46. The highest BCUT2D eigenvalue weighted by atomic mass is 15.1. The van der Waals surface area contributed by atoms with E-state index in [0.717, 1.165) is 13.1 Å². The van der Waals surface area contributed by atoms with E-state index in [9.17, 15) is 0 Å². The van der Waals surface area contributed by atoms with Crippen molar-refractivity contribution in [1.29, 1.82) is 0 Å². The third kappa shape index (κ3) is 3.87. The quantitative estimate of drug-likeness (QED) is 0.733. The number of benzene rings is 2. The topological polar surface area (TPSA) is 3.24 Å². The van der Waals surface area contributed by atoms with Crippen LogP contribution in [0.1, 0.15) is 44.4 Å². The molecule has 0 aliphatic rings. The SMILES string of the molecule is CCN(Cc1cc(C(C)(C)C)ccc1C)c1ccccc1. The summed E-state index contributed by atoms with van der Waals surface area (Å²) in [6.45, 7) is 13.2. The Bertz CT molecular complexity index is 579. The molecular weight excluding hydrogens is 254 g/mol. The van der Waals surface area contributed by atoms with Crippen LogP contribution >= 0.6 is 0 Å². The van der Waals surface area contributed by atoms with Gasteiger partial charge in [-0.3, -0.25) is 0 Å². The molecule has 0 N–H and O–H groups in total. The molecule has 0 aromatic heterocycles. The lowest BCUT2D eigenvalue weighted by Gasteiger charge is -2.26. The van der Waals surface area contributed by atoms with Gasteiger partial charge in [-0.05, 0) is 48.1 Å². The van der Waals surface area contributed by atoms with Crippen molar-refractivity contribution in [2.45, 2.75) is 46.6 Å². The van der Waals surface area contributed by atoms with Gasteiger partial charge < -0.3 is 4.90 Å². The first-order valence-electron chi connectivity index (χ1n) is 7.82. The van der Waals surface area contributed by atoms with Crippen LogP contribution in [0.2, 0.25) is 0 Å². The molecule has 1 heteroatoms. The molecule has 0 spiro atoms. The van der Waals surface area contributed by atoms with Gasteiger partial charge in [0.1, 0.15) is 0 Å². The predicted octanol–water partition coefficient (Wildman–Crippen LogP) is 5.32. The fraction of sp³-hybridized carbons (Fsp3) is 0.400. The monoisotopic (exact) mass is 281 g/mol. The van der Waals surface area contributed by atoms with Crippen molar-refractivity contribution in [2.75, 3.05) is 11.4 Å². The van der Waals surface area contributed by atoms with Crippen molar-refractivity contribution in [2.24, 2.45) is 0 Å². The Labute approximate surface area is 129 Å². The van der Waals surface area contributed by atoms with Crippen LogP contribution in [0.5, 0.6) is 0 Å². The summed E-state index contributed by atoms with van der Waals surface area (Å²) in [5.74, 6) is 0. The van der Waals surface area contributed by atoms with Gasteiger partial charge in [0, 0.05) is 18.8 Å². The second-order valence-electron chi connectivity index (χ2n) is 6.74. The van der Waals surface area contributed by atoms with Crippen LogP contribution in [-0.2, 0) is 12.0 Å². The van der Waals surface area contributed by atoms with Crippen molar-refractivity contribution in [3.05, 3.63) is 65.2 Å². The van der Waals surface area contributed by atoms with Crippen LogP contribution in [-0.4, -0.2) is 6.54 Å². The smallest absolute Gasteiger partial charge is 0.0432 e. The van der Waals surface area contributed by atoms with E-state index in [1.165, 1.54) is 22.4 Å². The Hall–Kier alpha value is -1.76. The molecule has 0 fully saturated rings. The fourth-order valence-electron chi connectivity index (χ4n) is 2.54. The molecule has 0 heterocycles. The summed E-state index contributed by atoms with van der Waals surface area (Å²) in [6, 6.07) is 17.6. The Morgan fingerprint density at radius 3 is 2.19 bits per heavy atom.